The molecule has 0 atom stereocenters. The molecule has 29 heteroatoms. The molecule has 15 rings (SSSR count). The highest BCUT2D eigenvalue weighted by Crippen LogP contribution is 2.48. The number of nitrogens with one attached hydrogen (secondary N) is 6. The van der Waals surface area contributed by atoms with Crippen molar-refractivity contribution in [3.8, 4) is 33.8 Å². The summed E-state index contributed by atoms with van der Waals surface area (Å²) in [4.78, 5) is 79.0. The van der Waals surface area contributed by atoms with Gasteiger partial charge in [-0.25, -0.2) is 14.2 Å². The third-order valence-corrected chi connectivity index (χ3v) is 28.1. The topological polar surface area (TPSA) is 302 Å². The Labute approximate surface area is 719 Å². The van der Waals surface area contributed by atoms with E-state index in [1.165, 1.54) is 61.4 Å². The van der Waals surface area contributed by atoms with E-state index in [1.54, 1.807) is 42.5 Å². The van der Waals surface area contributed by atoms with Gasteiger partial charge in [-0.1, -0.05) is 208 Å². The van der Waals surface area contributed by atoms with Crippen LogP contribution in [0.15, 0.2) is 146 Å². The molecule has 3 aliphatic heterocycles. The summed E-state index contributed by atoms with van der Waals surface area (Å²) in [5.41, 5.74) is 12.3. The van der Waals surface area contributed by atoms with Gasteiger partial charge in [0.1, 0.15) is 19.6 Å². The maximum Gasteiger partial charge on any atom is 0.304 e. The van der Waals surface area contributed by atoms with Crippen molar-refractivity contribution in [1.82, 2.24) is 56.7 Å². The number of halogens is 2. The molecule has 3 aliphatic carbocycles. The lowest BCUT2D eigenvalue weighted by Crippen LogP contribution is -2.42. The maximum absolute atomic E-state index is 13.2. The molecule has 6 heterocycles. The van der Waals surface area contributed by atoms with Crippen molar-refractivity contribution in [2.24, 2.45) is 0 Å². The van der Waals surface area contributed by atoms with E-state index in [9.17, 15) is 54.0 Å². The summed E-state index contributed by atoms with van der Waals surface area (Å²) in [6.07, 6.45) is 25.2. The number of carbonyl (C=O) groups is 6. The van der Waals surface area contributed by atoms with Gasteiger partial charge in [-0.05, 0) is 182 Å². The number of rotatable bonds is 6. The van der Waals surface area contributed by atoms with E-state index in [2.05, 4.69) is 42.2 Å². The molecule has 0 spiro atoms. The van der Waals surface area contributed by atoms with E-state index in [-0.39, 0.29) is 96.8 Å². The fourth-order valence-corrected chi connectivity index (χ4v) is 20.1. The minimum atomic E-state index is -4.03. The Balaban J connectivity index is 0.000000201. The molecule has 648 valence electrons. The summed E-state index contributed by atoms with van der Waals surface area (Å²) in [5.74, 6) is -1.41. The standard InChI is InChI=1S/C29H35ClN4O4S.C29H33ClN4O4S.C29H36N4O4S.4CH4/c2*1-33-17-7-3-6-16-31-26(35)19-34-25-18-22(29(36)32-39(33,37)38)12-15-24(25)27(20-8-4-2-5-9-20)28(34)21-10-13-23(30)14-11-21;1-32-18-10-4-9-17-30-26(34)20-33-25-19-23(29(35)31-38(32,36)37)15-16-24(25)27(21-11-5-2-6-12-21)28(33)22-13-7-3-8-14-22;;;;/h10-15,18,20H,2-9,16-17,19H2,1H3,(H,31,35)(H,32,36);3,7,10-15,18,20H,2,4-6,8-9,16-17,19H2,1H3,(H,31,35)(H,32,36);3,7-8,13-16,19,21H,2,4-6,9-12,17-18,20H2,1H3,(H,30,34)(H,31,35);4*1H4/b;7-3-;;;;;. The minimum Gasteiger partial charge on any atom is -0.355 e. The number of likely N-dealkylation sites (N-methyl/N-ethyl adjacent to an activating group) is 1. The molecule has 3 saturated carbocycles. The lowest BCUT2D eigenvalue weighted by atomic mass is 9.82. The monoisotopic (exact) mass is 1740 g/mol. The summed E-state index contributed by atoms with van der Waals surface area (Å²) >= 11 is 12.5. The molecule has 0 radical (unpaired) electrons. The van der Waals surface area contributed by atoms with E-state index in [0.29, 0.717) is 73.2 Å². The predicted octanol–water partition coefficient (Wildman–Crippen LogP) is 17.3. The first-order chi connectivity index (χ1) is 55.8. The van der Waals surface area contributed by atoms with Crippen LogP contribution in [0.4, 0.5) is 0 Å². The SMILES string of the molecule is C.C.C.C.CN1C/C=C\CCNC(=O)Cn2c(-c3ccc(Cl)cc3)c(C3CCCCC3)c3ccc(cc32)C(=O)NS1(=O)=O.CN1CCCCCNC(=O)Cn2c(-c3ccc(Cl)cc3)c(C3CCCCC3)c3ccc(cc32)C(=O)NS1(=O)=O.CN1CCCCCNC(=O)Cn2c(-c3ccccc3)c(C3CCCCC3)c3ccc(cc32)C(=O)NS1(=O)=O. The Bertz CT molecular complexity index is 5500. The van der Waals surface area contributed by atoms with E-state index in [1.807, 2.05) is 105 Å². The van der Waals surface area contributed by atoms with Crippen molar-refractivity contribution < 1.29 is 54.0 Å². The molecule has 3 aromatic heterocycles. The molecule has 6 aliphatic rings. The molecule has 24 nitrogen and oxygen atoms in total. The summed E-state index contributed by atoms with van der Waals surface area (Å²) in [6.45, 7) is 2.45. The number of fused-ring (bicyclic) bond motifs is 3. The van der Waals surface area contributed by atoms with Crippen LogP contribution in [0.1, 0.15) is 236 Å². The van der Waals surface area contributed by atoms with E-state index < -0.39 is 48.3 Å². The fourth-order valence-electron chi connectivity index (χ4n) is 17.3. The second-order valence-electron chi connectivity index (χ2n) is 31.3. The van der Waals surface area contributed by atoms with Crippen molar-refractivity contribution in [1.29, 1.82) is 0 Å². The van der Waals surface area contributed by atoms with Crippen molar-refractivity contribution in [3.63, 3.8) is 0 Å². The van der Waals surface area contributed by atoms with Gasteiger partial charge < -0.3 is 29.7 Å². The third kappa shape index (κ3) is 22.4. The number of hydrogen-bond acceptors (Lipinski definition) is 12. The van der Waals surface area contributed by atoms with Crippen LogP contribution >= 0.6 is 23.2 Å². The van der Waals surface area contributed by atoms with Crippen molar-refractivity contribution in [2.75, 3.05) is 60.4 Å². The van der Waals surface area contributed by atoms with Crippen LogP contribution < -0.4 is 30.1 Å². The van der Waals surface area contributed by atoms with Gasteiger partial charge in [-0.2, -0.15) is 38.2 Å². The Hall–Kier alpha value is -9.19. The first kappa shape index (κ1) is 94.7. The van der Waals surface area contributed by atoms with Gasteiger partial charge in [-0.15, -0.1) is 0 Å². The molecule has 0 saturated heterocycles. The lowest BCUT2D eigenvalue weighted by Gasteiger charge is -2.24. The van der Waals surface area contributed by atoms with Crippen LogP contribution in [0.2, 0.25) is 10.0 Å². The van der Waals surface area contributed by atoms with Crippen LogP contribution in [0.5, 0.6) is 0 Å². The Morgan fingerprint density at radius 3 is 0.975 bits per heavy atom. The van der Waals surface area contributed by atoms with Gasteiger partial charge in [0.15, 0.2) is 0 Å². The first-order valence-corrected chi connectivity index (χ1v) is 45.8. The van der Waals surface area contributed by atoms with Crippen LogP contribution in [-0.2, 0) is 64.6 Å². The molecule has 6 bridgehead atoms. The number of hydrogen-bond donors (Lipinski definition) is 6. The highest BCUT2D eigenvalue weighted by Gasteiger charge is 2.34. The minimum absolute atomic E-state index is 0. The molecule has 9 aromatic rings. The maximum atomic E-state index is 13.2. The Morgan fingerprint density at radius 1 is 0.333 bits per heavy atom. The van der Waals surface area contributed by atoms with E-state index in [4.69, 9.17) is 23.2 Å². The zero-order valence-corrected chi connectivity index (χ0v) is 70.0. The second kappa shape index (κ2) is 42.5. The molecule has 3 fully saturated rings. The van der Waals surface area contributed by atoms with Gasteiger partial charge >= 0.3 is 30.6 Å². The molecule has 6 aromatic carbocycles. The highest BCUT2D eigenvalue weighted by atomic mass is 35.5. The summed E-state index contributed by atoms with van der Waals surface area (Å²) in [6, 6.07) is 41.3. The van der Waals surface area contributed by atoms with E-state index in [0.717, 1.165) is 178 Å². The van der Waals surface area contributed by atoms with E-state index >= 15 is 0 Å². The number of nitrogens with zero attached hydrogens (tertiary/aromatic N) is 6. The summed E-state index contributed by atoms with van der Waals surface area (Å²) in [5, 5.41) is 13.3. The molecule has 6 amide bonds. The second-order valence-corrected chi connectivity index (χ2v) is 37.5. The number of carbonyl (C=O) groups excluding carboxylic acids is 6. The highest BCUT2D eigenvalue weighted by molar-refractivity contribution is 7.88. The Morgan fingerprint density at radius 2 is 0.633 bits per heavy atom. The van der Waals surface area contributed by atoms with Crippen LogP contribution in [0, 0.1) is 0 Å². The van der Waals surface area contributed by atoms with Crippen molar-refractivity contribution in [3.05, 3.63) is 189 Å². The average molecular weight is 1740 g/mol. The number of benzene rings is 6. The van der Waals surface area contributed by atoms with Crippen LogP contribution in [0.25, 0.3) is 66.5 Å². The fraction of sp³-hybridized carbons (Fsp3) is 0.451. The molecule has 0 unspecified atom stereocenters. The number of aromatic nitrogens is 3. The van der Waals surface area contributed by atoms with Crippen molar-refractivity contribution in [2.45, 2.75) is 208 Å². The molecule has 120 heavy (non-hydrogen) atoms. The van der Waals surface area contributed by atoms with Crippen molar-refractivity contribution >= 4 is 122 Å². The van der Waals surface area contributed by atoms with Gasteiger partial charge in [0, 0.05) is 103 Å². The molecular weight excluding hydrogens is 1620 g/mol. The predicted molar refractivity (Wildman–Crippen MR) is 484 cm³/mol. The molecule has 6 N–H and O–H groups in total. The van der Waals surface area contributed by atoms with Gasteiger partial charge in [0.2, 0.25) is 17.7 Å². The normalized spacial score (nSPS) is 19.7. The molecular formula is C91H120Cl2N12O12S3. The zero-order chi connectivity index (χ0) is 81.8. The van der Waals surface area contributed by atoms with Gasteiger partial charge in [0.05, 0.1) is 33.6 Å². The summed E-state index contributed by atoms with van der Waals surface area (Å²) in [7, 11) is -7.64. The van der Waals surface area contributed by atoms with Crippen LogP contribution in [-0.4, -0.2) is 148 Å². The third-order valence-electron chi connectivity index (χ3n) is 23.3. The summed E-state index contributed by atoms with van der Waals surface area (Å²) < 4.78 is 92.8. The van der Waals surface area contributed by atoms with Gasteiger partial charge in [-0.3, -0.25) is 28.8 Å². The average Bonchev–Trinajstić information content (AvgIpc) is 1.60. The smallest absolute Gasteiger partial charge is 0.304 e. The zero-order valence-electron chi connectivity index (χ0n) is 66.1. The lowest BCUT2D eigenvalue weighted by molar-refractivity contribution is -0.122. The first-order valence-electron chi connectivity index (χ1n) is 40.7. The van der Waals surface area contributed by atoms with Crippen LogP contribution in [0.3, 0.4) is 0 Å². The number of amides is 6. The Kier molecular flexibility index (Phi) is 33.6. The largest absolute Gasteiger partial charge is 0.355 e. The quantitative estimate of drug-likeness (QED) is 0.0847. The van der Waals surface area contributed by atoms with Gasteiger partial charge in [0.25, 0.3) is 17.7 Å².